The predicted octanol–water partition coefficient (Wildman–Crippen LogP) is 5.08. The molecule has 0 heterocycles. The van der Waals surface area contributed by atoms with Gasteiger partial charge in [0, 0.05) is 10.0 Å². The van der Waals surface area contributed by atoms with Gasteiger partial charge in [-0.3, -0.25) is 5.43 Å². The van der Waals surface area contributed by atoms with E-state index in [0.29, 0.717) is 13.2 Å². The first-order valence-electron chi connectivity index (χ1n) is 7.67. The number of para-hydroxylation sites is 1. The summed E-state index contributed by atoms with van der Waals surface area (Å²) in [5, 5.41) is 4.26. The molecule has 23 heavy (non-hydrogen) atoms. The first-order chi connectivity index (χ1) is 11.2. The van der Waals surface area contributed by atoms with Gasteiger partial charge in [-0.25, -0.2) is 0 Å². The third kappa shape index (κ3) is 5.28. The Morgan fingerprint density at radius 3 is 2.52 bits per heavy atom. The van der Waals surface area contributed by atoms with E-state index in [1.54, 1.807) is 6.21 Å². The number of hydrazone groups is 1. The smallest absolute Gasteiger partial charge is 0.162 e. The van der Waals surface area contributed by atoms with Gasteiger partial charge in [0.25, 0.3) is 0 Å². The second-order valence-corrected chi connectivity index (χ2v) is 5.69. The molecule has 2 rings (SSSR count). The van der Waals surface area contributed by atoms with Crippen LogP contribution in [0.25, 0.3) is 0 Å². The van der Waals surface area contributed by atoms with Crippen molar-refractivity contribution in [2.75, 3.05) is 18.6 Å². The molecule has 5 heteroatoms. The second kappa shape index (κ2) is 9.20. The Balaban J connectivity index is 2.15. The molecule has 0 unspecified atom stereocenters. The summed E-state index contributed by atoms with van der Waals surface area (Å²) in [4.78, 5) is 0. The molecule has 0 aliphatic heterocycles. The van der Waals surface area contributed by atoms with Gasteiger partial charge in [0.1, 0.15) is 0 Å². The van der Waals surface area contributed by atoms with E-state index in [2.05, 4.69) is 33.4 Å². The Bertz CT molecular complexity index is 645. The number of hydrogen-bond donors (Lipinski definition) is 1. The lowest BCUT2D eigenvalue weighted by molar-refractivity contribution is 0.276. The van der Waals surface area contributed by atoms with Gasteiger partial charge in [-0.2, -0.15) is 5.10 Å². The summed E-state index contributed by atoms with van der Waals surface area (Å²) >= 11 is 3.56. The fourth-order valence-electron chi connectivity index (χ4n) is 1.93. The topological polar surface area (TPSA) is 42.8 Å². The summed E-state index contributed by atoms with van der Waals surface area (Å²) in [7, 11) is 0. The van der Waals surface area contributed by atoms with Gasteiger partial charge < -0.3 is 9.47 Å². The number of nitrogens with one attached hydrogen (secondary N) is 1. The van der Waals surface area contributed by atoms with E-state index >= 15 is 0 Å². The van der Waals surface area contributed by atoms with Crippen LogP contribution >= 0.6 is 15.9 Å². The molecular weight excluding hydrogens is 356 g/mol. The van der Waals surface area contributed by atoms with E-state index in [1.165, 1.54) is 0 Å². The van der Waals surface area contributed by atoms with Crippen LogP contribution in [0.3, 0.4) is 0 Å². The maximum atomic E-state index is 5.73. The molecule has 4 nitrogen and oxygen atoms in total. The summed E-state index contributed by atoms with van der Waals surface area (Å²) in [5.74, 6) is 1.47. The van der Waals surface area contributed by atoms with Gasteiger partial charge >= 0.3 is 0 Å². The Kier molecular flexibility index (Phi) is 6.94. The average molecular weight is 377 g/mol. The molecule has 1 N–H and O–H groups in total. The van der Waals surface area contributed by atoms with Crippen molar-refractivity contribution in [1.29, 1.82) is 0 Å². The number of anilines is 1. The Hall–Kier alpha value is -2.01. The van der Waals surface area contributed by atoms with Crippen LogP contribution in [0.4, 0.5) is 5.69 Å². The lowest BCUT2D eigenvalue weighted by Gasteiger charge is -2.13. The highest BCUT2D eigenvalue weighted by atomic mass is 79.9. The van der Waals surface area contributed by atoms with Gasteiger partial charge in [-0.05, 0) is 53.5 Å². The molecule has 0 fully saturated rings. The Morgan fingerprint density at radius 1 is 1.09 bits per heavy atom. The van der Waals surface area contributed by atoms with Crippen molar-refractivity contribution >= 4 is 27.8 Å². The molecular formula is C18H21BrN2O2. The van der Waals surface area contributed by atoms with Crippen molar-refractivity contribution < 1.29 is 9.47 Å². The van der Waals surface area contributed by atoms with Gasteiger partial charge in [0.05, 0.1) is 25.1 Å². The number of nitrogens with zero attached hydrogens (tertiary/aromatic N) is 1. The molecule has 0 aliphatic carbocycles. The van der Waals surface area contributed by atoms with Gasteiger partial charge in [0.2, 0.25) is 0 Å². The molecule has 0 atom stereocenters. The van der Waals surface area contributed by atoms with Crippen LogP contribution in [0.15, 0.2) is 52.0 Å². The minimum Gasteiger partial charge on any atom is -0.490 e. The largest absolute Gasteiger partial charge is 0.490 e. The molecule has 0 radical (unpaired) electrons. The molecule has 2 aromatic rings. The maximum absolute atomic E-state index is 5.73. The van der Waals surface area contributed by atoms with E-state index in [1.807, 2.05) is 49.4 Å². The number of rotatable bonds is 8. The maximum Gasteiger partial charge on any atom is 0.162 e. The summed E-state index contributed by atoms with van der Waals surface area (Å²) in [6.45, 7) is 5.28. The van der Waals surface area contributed by atoms with E-state index in [9.17, 15) is 0 Å². The minimum atomic E-state index is 0.586. The molecule has 0 aliphatic rings. The molecule has 0 bridgehead atoms. The molecule has 0 saturated heterocycles. The van der Waals surface area contributed by atoms with Crippen LogP contribution in [0.5, 0.6) is 11.5 Å². The normalized spacial score (nSPS) is 10.7. The van der Waals surface area contributed by atoms with Crippen molar-refractivity contribution in [2.24, 2.45) is 5.10 Å². The fourth-order valence-corrected chi connectivity index (χ4v) is 2.36. The average Bonchev–Trinajstić information content (AvgIpc) is 2.57. The highest BCUT2D eigenvalue weighted by molar-refractivity contribution is 9.10. The van der Waals surface area contributed by atoms with Gasteiger partial charge in [0.15, 0.2) is 11.5 Å². The fraction of sp³-hybridized carbons (Fsp3) is 0.278. The van der Waals surface area contributed by atoms with Gasteiger partial charge in [-0.15, -0.1) is 0 Å². The number of ether oxygens (including phenoxy) is 2. The van der Waals surface area contributed by atoms with Crippen molar-refractivity contribution in [1.82, 2.24) is 0 Å². The SMILES string of the molecule is CCCOc1cc(Br)c(C=NNc2ccccc2)cc1OCC. The highest BCUT2D eigenvalue weighted by Gasteiger charge is 2.09. The van der Waals surface area contributed by atoms with Crippen LogP contribution in [0, 0.1) is 0 Å². The van der Waals surface area contributed by atoms with E-state index < -0.39 is 0 Å². The van der Waals surface area contributed by atoms with Crippen LogP contribution in [0.1, 0.15) is 25.8 Å². The monoisotopic (exact) mass is 376 g/mol. The molecule has 0 spiro atoms. The zero-order valence-electron chi connectivity index (χ0n) is 13.4. The van der Waals surface area contributed by atoms with E-state index in [0.717, 1.165) is 33.6 Å². The third-order valence-corrected chi connectivity index (χ3v) is 3.68. The minimum absolute atomic E-state index is 0.586. The van der Waals surface area contributed by atoms with Crippen LogP contribution in [0.2, 0.25) is 0 Å². The molecule has 2 aromatic carbocycles. The molecule has 0 amide bonds. The molecule has 0 saturated carbocycles. The van der Waals surface area contributed by atoms with Crippen molar-refractivity contribution in [3.05, 3.63) is 52.5 Å². The molecule has 0 aromatic heterocycles. The zero-order chi connectivity index (χ0) is 16.5. The summed E-state index contributed by atoms with van der Waals surface area (Å²) < 4.78 is 12.3. The highest BCUT2D eigenvalue weighted by Crippen LogP contribution is 2.33. The predicted molar refractivity (Wildman–Crippen MR) is 98.8 cm³/mol. The van der Waals surface area contributed by atoms with Gasteiger partial charge in [-0.1, -0.05) is 25.1 Å². The van der Waals surface area contributed by atoms with Crippen molar-refractivity contribution in [3.63, 3.8) is 0 Å². The number of halogens is 1. The number of hydrogen-bond acceptors (Lipinski definition) is 4. The second-order valence-electron chi connectivity index (χ2n) is 4.84. The first kappa shape index (κ1) is 17.3. The standard InChI is InChI=1S/C18H21BrN2O2/c1-3-10-23-18-12-16(19)14(11-17(18)22-4-2)13-20-21-15-8-6-5-7-9-15/h5-9,11-13,21H,3-4,10H2,1-2H3. The summed E-state index contributed by atoms with van der Waals surface area (Å²) in [6.07, 6.45) is 2.70. The summed E-state index contributed by atoms with van der Waals surface area (Å²) in [5.41, 5.74) is 4.85. The van der Waals surface area contributed by atoms with Crippen LogP contribution in [-0.2, 0) is 0 Å². The van der Waals surface area contributed by atoms with E-state index in [-0.39, 0.29) is 0 Å². The van der Waals surface area contributed by atoms with Crippen LogP contribution < -0.4 is 14.9 Å². The lowest BCUT2D eigenvalue weighted by Crippen LogP contribution is -2.01. The van der Waals surface area contributed by atoms with Crippen molar-refractivity contribution in [3.8, 4) is 11.5 Å². The van der Waals surface area contributed by atoms with Crippen molar-refractivity contribution in [2.45, 2.75) is 20.3 Å². The first-order valence-corrected chi connectivity index (χ1v) is 8.47. The quantitative estimate of drug-likeness (QED) is 0.515. The zero-order valence-corrected chi connectivity index (χ0v) is 15.0. The van der Waals surface area contributed by atoms with E-state index in [4.69, 9.17) is 9.47 Å². The lowest BCUT2D eigenvalue weighted by atomic mass is 10.2. The summed E-state index contributed by atoms with van der Waals surface area (Å²) in [6, 6.07) is 13.6. The van der Waals surface area contributed by atoms with Crippen LogP contribution in [-0.4, -0.2) is 19.4 Å². The molecule has 122 valence electrons. The Morgan fingerprint density at radius 2 is 1.83 bits per heavy atom. The Labute approximate surface area is 145 Å². The number of benzene rings is 2. The third-order valence-electron chi connectivity index (χ3n) is 3.00.